The predicted molar refractivity (Wildman–Crippen MR) is 74.3 cm³/mol. The van der Waals surface area contributed by atoms with Crippen LogP contribution in [0.1, 0.15) is 40.0 Å². The summed E-state index contributed by atoms with van der Waals surface area (Å²) in [7, 11) is 0. The number of nitrogens with one attached hydrogen (secondary N) is 1. The van der Waals surface area contributed by atoms with Crippen LogP contribution in [0.3, 0.4) is 0 Å². The van der Waals surface area contributed by atoms with Crippen molar-refractivity contribution in [2.75, 3.05) is 6.61 Å². The van der Waals surface area contributed by atoms with Gasteiger partial charge < -0.3 is 4.74 Å². The van der Waals surface area contributed by atoms with Crippen molar-refractivity contribution >= 4 is 17.7 Å². The van der Waals surface area contributed by atoms with E-state index in [0.29, 0.717) is 24.7 Å². The molecule has 0 saturated heterocycles. The zero-order valence-electron chi connectivity index (χ0n) is 11.6. The lowest BCUT2D eigenvalue weighted by atomic mass is 10.2. The van der Waals surface area contributed by atoms with E-state index in [4.69, 9.17) is 4.74 Å². The van der Waals surface area contributed by atoms with Gasteiger partial charge in [0.2, 0.25) is 0 Å². The van der Waals surface area contributed by atoms with Crippen LogP contribution in [0.4, 0.5) is 0 Å². The molecule has 0 bridgehead atoms. The Bertz CT molecular complexity index is 455. The summed E-state index contributed by atoms with van der Waals surface area (Å²) in [4.78, 5) is 23.4. The van der Waals surface area contributed by atoms with Gasteiger partial charge in [-0.3, -0.25) is 9.36 Å². The first kappa shape index (κ1) is 15.8. The highest BCUT2D eigenvalue weighted by atomic mass is 32.2. The van der Waals surface area contributed by atoms with Gasteiger partial charge in [-0.05, 0) is 19.8 Å². The summed E-state index contributed by atoms with van der Waals surface area (Å²) < 4.78 is 6.61. The molecule has 6 nitrogen and oxygen atoms in total. The fourth-order valence-corrected chi connectivity index (χ4v) is 2.84. The molecule has 0 amide bonds. The average Bonchev–Trinajstić information content (AvgIpc) is 2.72. The number of rotatable bonds is 8. The van der Waals surface area contributed by atoms with E-state index in [1.54, 1.807) is 11.5 Å². The first-order valence-corrected chi connectivity index (χ1v) is 7.50. The van der Waals surface area contributed by atoms with Gasteiger partial charge >= 0.3 is 11.7 Å². The van der Waals surface area contributed by atoms with Crippen LogP contribution < -0.4 is 5.69 Å². The number of aromatic amines is 1. The highest BCUT2D eigenvalue weighted by Gasteiger charge is 2.23. The van der Waals surface area contributed by atoms with E-state index < -0.39 is 0 Å². The predicted octanol–water partition coefficient (Wildman–Crippen LogP) is 1.81. The SMILES string of the molecule is CCCC(Sc1n[nH]c(=O)n1CCC)C(=O)OCC. The Labute approximate surface area is 116 Å². The third kappa shape index (κ3) is 4.41. The fourth-order valence-electron chi connectivity index (χ4n) is 1.66. The lowest BCUT2D eigenvalue weighted by Crippen LogP contribution is -2.22. The molecular weight excluding hydrogens is 266 g/mol. The zero-order valence-corrected chi connectivity index (χ0v) is 12.5. The molecule has 1 N–H and O–H groups in total. The van der Waals surface area contributed by atoms with Gasteiger partial charge in [0.1, 0.15) is 5.25 Å². The number of carbonyl (C=O) groups excluding carboxylic acids is 1. The maximum atomic E-state index is 11.8. The van der Waals surface area contributed by atoms with Crippen molar-refractivity contribution in [1.82, 2.24) is 14.8 Å². The molecule has 1 unspecified atom stereocenters. The second kappa shape index (κ2) is 8.04. The fraction of sp³-hybridized carbons (Fsp3) is 0.750. The van der Waals surface area contributed by atoms with Gasteiger partial charge in [0.25, 0.3) is 0 Å². The highest BCUT2D eigenvalue weighted by molar-refractivity contribution is 8.00. The van der Waals surface area contributed by atoms with Crippen LogP contribution in [0.15, 0.2) is 9.95 Å². The molecule has 0 aliphatic carbocycles. The summed E-state index contributed by atoms with van der Waals surface area (Å²) in [5, 5.41) is 6.65. The Kier molecular flexibility index (Phi) is 6.69. The van der Waals surface area contributed by atoms with E-state index in [9.17, 15) is 9.59 Å². The molecule has 108 valence electrons. The van der Waals surface area contributed by atoms with Crippen molar-refractivity contribution in [3.05, 3.63) is 10.5 Å². The van der Waals surface area contributed by atoms with E-state index in [0.717, 1.165) is 12.8 Å². The molecule has 1 aromatic heterocycles. The average molecular weight is 287 g/mol. The summed E-state index contributed by atoms with van der Waals surface area (Å²) in [6, 6.07) is 0. The lowest BCUT2D eigenvalue weighted by molar-refractivity contribution is -0.142. The molecule has 7 heteroatoms. The van der Waals surface area contributed by atoms with E-state index in [1.165, 1.54) is 11.8 Å². The van der Waals surface area contributed by atoms with Crippen LogP contribution in [-0.2, 0) is 16.1 Å². The summed E-state index contributed by atoms with van der Waals surface area (Å²) >= 11 is 1.29. The number of carbonyl (C=O) groups is 1. The first-order chi connectivity index (χ1) is 9.13. The van der Waals surface area contributed by atoms with Crippen molar-refractivity contribution in [3.63, 3.8) is 0 Å². The molecule has 1 atom stereocenters. The third-order valence-electron chi connectivity index (χ3n) is 2.52. The van der Waals surface area contributed by atoms with Gasteiger partial charge in [0, 0.05) is 6.54 Å². The lowest BCUT2D eigenvalue weighted by Gasteiger charge is -2.13. The Morgan fingerprint density at radius 2 is 2.16 bits per heavy atom. The summed E-state index contributed by atoms with van der Waals surface area (Å²) in [5.41, 5.74) is -0.233. The van der Waals surface area contributed by atoms with Crippen LogP contribution in [-0.4, -0.2) is 32.6 Å². The van der Waals surface area contributed by atoms with E-state index in [2.05, 4.69) is 10.2 Å². The monoisotopic (exact) mass is 287 g/mol. The normalized spacial score (nSPS) is 12.4. The van der Waals surface area contributed by atoms with Crippen molar-refractivity contribution in [1.29, 1.82) is 0 Å². The number of hydrogen-bond acceptors (Lipinski definition) is 5. The van der Waals surface area contributed by atoms with Crippen molar-refractivity contribution in [2.45, 2.75) is 57.0 Å². The number of ether oxygens (including phenoxy) is 1. The zero-order chi connectivity index (χ0) is 14.3. The second-order valence-corrected chi connectivity index (χ2v) is 5.28. The number of nitrogens with zero attached hydrogens (tertiary/aromatic N) is 2. The van der Waals surface area contributed by atoms with Gasteiger partial charge in [-0.1, -0.05) is 32.0 Å². The van der Waals surface area contributed by atoms with Gasteiger partial charge in [-0.2, -0.15) is 0 Å². The molecule has 19 heavy (non-hydrogen) atoms. The Balaban J connectivity index is 2.84. The summed E-state index contributed by atoms with van der Waals surface area (Å²) in [5.74, 6) is -0.243. The molecule has 0 radical (unpaired) electrons. The van der Waals surface area contributed by atoms with Gasteiger partial charge in [-0.15, -0.1) is 5.10 Å². The van der Waals surface area contributed by atoms with Crippen LogP contribution in [0.2, 0.25) is 0 Å². The Hall–Kier alpha value is -1.24. The number of thioether (sulfide) groups is 1. The number of H-pyrrole nitrogens is 1. The number of hydrogen-bond donors (Lipinski definition) is 1. The molecule has 0 saturated carbocycles. The standard InChI is InChI=1S/C12H21N3O3S/c1-4-7-9(10(16)18-6-3)19-12-14-13-11(17)15(12)8-5-2/h9H,4-8H2,1-3H3,(H,13,17). The van der Waals surface area contributed by atoms with Gasteiger partial charge in [0.05, 0.1) is 6.61 Å². The molecule has 1 rings (SSSR count). The highest BCUT2D eigenvalue weighted by Crippen LogP contribution is 2.25. The third-order valence-corrected chi connectivity index (χ3v) is 3.75. The van der Waals surface area contributed by atoms with Gasteiger partial charge in [-0.25, -0.2) is 9.89 Å². The van der Waals surface area contributed by atoms with Gasteiger partial charge in [0.15, 0.2) is 5.16 Å². The van der Waals surface area contributed by atoms with E-state index in [1.807, 2.05) is 13.8 Å². The molecule has 0 spiro atoms. The molecule has 0 aliphatic rings. The van der Waals surface area contributed by atoms with Crippen molar-refractivity contribution in [3.8, 4) is 0 Å². The topological polar surface area (TPSA) is 77.0 Å². The maximum absolute atomic E-state index is 11.8. The molecular formula is C12H21N3O3S. The van der Waals surface area contributed by atoms with Crippen molar-refractivity contribution < 1.29 is 9.53 Å². The summed E-state index contributed by atoms with van der Waals surface area (Å²) in [6.45, 7) is 6.74. The van der Waals surface area contributed by atoms with Crippen LogP contribution in [0, 0.1) is 0 Å². The van der Waals surface area contributed by atoms with Crippen LogP contribution in [0.25, 0.3) is 0 Å². The molecule has 1 aromatic rings. The second-order valence-electron chi connectivity index (χ2n) is 4.11. The smallest absolute Gasteiger partial charge is 0.343 e. The Morgan fingerprint density at radius 3 is 2.74 bits per heavy atom. The minimum absolute atomic E-state index is 0.233. The minimum Gasteiger partial charge on any atom is -0.465 e. The van der Waals surface area contributed by atoms with Crippen LogP contribution >= 0.6 is 11.8 Å². The molecule has 0 aliphatic heterocycles. The maximum Gasteiger partial charge on any atom is 0.343 e. The van der Waals surface area contributed by atoms with E-state index in [-0.39, 0.29) is 16.9 Å². The quantitative estimate of drug-likeness (QED) is 0.583. The largest absolute Gasteiger partial charge is 0.465 e. The first-order valence-electron chi connectivity index (χ1n) is 6.62. The van der Waals surface area contributed by atoms with E-state index >= 15 is 0 Å². The molecule has 1 heterocycles. The van der Waals surface area contributed by atoms with Crippen molar-refractivity contribution in [2.24, 2.45) is 0 Å². The Morgan fingerprint density at radius 1 is 1.42 bits per heavy atom. The number of aromatic nitrogens is 3. The number of esters is 1. The summed E-state index contributed by atoms with van der Waals surface area (Å²) in [6.07, 6.45) is 2.42. The molecule has 0 aromatic carbocycles. The minimum atomic E-state index is -0.309. The molecule has 0 fully saturated rings. The van der Waals surface area contributed by atoms with Crippen LogP contribution in [0.5, 0.6) is 0 Å².